The van der Waals surface area contributed by atoms with Crippen molar-refractivity contribution in [2.45, 2.75) is 19.8 Å². The Kier molecular flexibility index (Phi) is 5.47. The highest BCUT2D eigenvalue weighted by atomic mass is 16.6. The first kappa shape index (κ1) is 16.9. The molecule has 24 heavy (non-hydrogen) atoms. The number of rotatable bonds is 3. The van der Waals surface area contributed by atoms with Gasteiger partial charge in [-0.3, -0.25) is 10.1 Å². The Bertz CT molecular complexity index is 580. The number of pyridine rings is 1. The quantitative estimate of drug-likeness (QED) is 0.614. The summed E-state index contributed by atoms with van der Waals surface area (Å²) in [6.07, 6.45) is 1.78. The molecule has 0 amide bonds. The summed E-state index contributed by atoms with van der Waals surface area (Å²) in [5.74, 6) is 1.28. The molecule has 2 fully saturated rings. The second kappa shape index (κ2) is 7.76. The summed E-state index contributed by atoms with van der Waals surface area (Å²) in [7, 11) is 0. The maximum Gasteiger partial charge on any atom is 0.311 e. The molecule has 3 heterocycles. The van der Waals surface area contributed by atoms with E-state index in [0.29, 0.717) is 32.2 Å². The van der Waals surface area contributed by atoms with Crippen LogP contribution in [0.2, 0.25) is 0 Å². The fraction of sp³-hybridized carbons (Fsp3) is 0.688. The minimum Gasteiger partial charge on any atom is -0.380 e. The van der Waals surface area contributed by atoms with Crippen molar-refractivity contribution < 1.29 is 14.4 Å². The zero-order valence-electron chi connectivity index (χ0n) is 14.1. The summed E-state index contributed by atoms with van der Waals surface area (Å²) in [4.78, 5) is 20.1. The third-order valence-corrected chi connectivity index (χ3v) is 4.39. The zero-order valence-corrected chi connectivity index (χ0v) is 14.1. The van der Waals surface area contributed by atoms with Crippen LogP contribution < -0.4 is 9.80 Å². The van der Waals surface area contributed by atoms with Crippen molar-refractivity contribution in [1.29, 1.82) is 0 Å². The van der Waals surface area contributed by atoms with E-state index in [9.17, 15) is 10.1 Å². The van der Waals surface area contributed by atoms with Crippen LogP contribution in [0.25, 0.3) is 0 Å². The highest BCUT2D eigenvalue weighted by Gasteiger charge is 2.26. The van der Waals surface area contributed by atoms with Gasteiger partial charge in [0.15, 0.2) is 0 Å². The first-order chi connectivity index (χ1) is 11.7. The first-order valence-corrected chi connectivity index (χ1v) is 8.48. The lowest BCUT2D eigenvalue weighted by Crippen LogP contribution is -2.31. The Balaban J connectivity index is 1.97. The van der Waals surface area contributed by atoms with Crippen molar-refractivity contribution in [1.82, 2.24) is 4.98 Å². The summed E-state index contributed by atoms with van der Waals surface area (Å²) in [5, 5.41) is 11.5. The van der Waals surface area contributed by atoms with E-state index in [1.807, 2.05) is 11.8 Å². The number of nitrogens with zero attached hydrogens (tertiary/aromatic N) is 4. The molecule has 0 radical (unpaired) electrons. The molecule has 3 rings (SSSR count). The molecule has 0 saturated carbocycles. The predicted molar refractivity (Wildman–Crippen MR) is 90.9 cm³/mol. The number of ether oxygens (including phenoxy) is 2. The lowest BCUT2D eigenvalue weighted by Gasteiger charge is -2.26. The Morgan fingerprint density at radius 1 is 1.00 bits per heavy atom. The highest BCUT2D eigenvalue weighted by Crippen LogP contribution is 2.32. The molecule has 2 aliphatic rings. The van der Waals surface area contributed by atoms with Gasteiger partial charge in [-0.25, -0.2) is 4.98 Å². The van der Waals surface area contributed by atoms with E-state index in [1.165, 1.54) is 0 Å². The number of hydrogen-bond acceptors (Lipinski definition) is 7. The van der Waals surface area contributed by atoms with E-state index in [2.05, 4.69) is 4.90 Å². The van der Waals surface area contributed by atoms with Crippen molar-refractivity contribution in [2.75, 3.05) is 62.4 Å². The molecule has 0 unspecified atom stereocenters. The Morgan fingerprint density at radius 3 is 2.17 bits per heavy atom. The van der Waals surface area contributed by atoms with Crippen molar-refractivity contribution in [2.24, 2.45) is 0 Å². The van der Waals surface area contributed by atoms with Crippen LogP contribution in [0.4, 0.5) is 17.3 Å². The van der Waals surface area contributed by atoms with Crippen LogP contribution in [0.3, 0.4) is 0 Å². The van der Waals surface area contributed by atoms with E-state index in [4.69, 9.17) is 14.5 Å². The molecule has 0 atom stereocenters. The fourth-order valence-corrected chi connectivity index (χ4v) is 3.18. The summed E-state index contributed by atoms with van der Waals surface area (Å²) >= 11 is 0. The molecule has 0 aromatic carbocycles. The van der Waals surface area contributed by atoms with Crippen LogP contribution in [0.5, 0.6) is 0 Å². The molecule has 8 heteroatoms. The number of aryl methyl sites for hydroxylation is 1. The summed E-state index contributed by atoms with van der Waals surface area (Å²) in [6.45, 7) is 7.51. The normalized spacial score (nSPS) is 19.7. The molecule has 0 bridgehead atoms. The molecule has 8 nitrogen and oxygen atoms in total. The van der Waals surface area contributed by atoms with Crippen molar-refractivity contribution in [3.8, 4) is 0 Å². The van der Waals surface area contributed by atoms with Gasteiger partial charge >= 0.3 is 5.69 Å². The molecular formula is C16H24N4O4. The summed E-state index contributed by atoms with van der Waals surface area (Å²) in [5.41, 5.74) is 0.905. The van der Waals surface area contributed by atoms with Gasteiger partial charge in [-0.2, -0.15) is 0 Å². The topological polar surface area (TPSA) is 81.0 Å². The zero-order chi connectivity index (χ0) is 16.9. The van der Waals surface area contributed by atoms with Crippen molar-refractivity contribution in [3.05, 3.63) is 21.7 Å². The van der Waals surface area contributed by atoms with Gasteiger partial charge in [-0.05, 0) is 25.3 Å². The van der Waals surface area contributed by atoms with E-state index < -0.39 is 0 Å². The lowest BCUT2D eigenvalue weighted by molar-refractivity contribution is -0.384. The number of anilines is 2. The minimum absolute atomic E-state index is 0.0734. The Hall–Kier alpha value is -1.93. The molecule has 0 aliphatic carbocycles. The number of nitro groups is 1. The standard InChI is InChI=1S/C16H24N4O4/c1-13-12-14(20(21)22)16(19-5-3-9-24-11-7-19)17-15(13)18-4-2-8-23-10-6-18/h12H,2-11H2,1H3. The third kappa shape index (κ3) is 3.76. The van der Waals surface area contributed by atoms with Crippen LogP contribution in [0, 0.1) is 17.0 Å². The van der Waals surface area contributed by atoms with Gasteiger partial charge in [0.2, 0.25) is 5.82 Å². The monoisotopic (exact) mass is 336 g/mol. The molecule has 1 aromatic heterocycles. The Labute approximate surface area is 141 Å². The van der Waals surface area contributed by atoms with Gasteiger partial charge in [-0.15, -0.1) is 0 Å². The van der Waals surface area contributed by atoms with Crippen molar-refractivity contribution >= 4 is 17.3 Å². The van der Waals surface area contributed by atoms with Crippen molar-refractivity contribution in [3.63, 3.8) is 0 Å². The van der Waals surface area contributed by atoms with Gasteiger partial charge in [0.25, 0.3) is 0 Å². The van der Waals surface area contributed by atoms with Crippen LogP contribution in [0.15, 0.2) is 6.07 Å². The predicted octanol–water partition coefficient (Wildman–Crippen LogP) is 1.75. The van der Waals surface area contributed by atoms with Gasteiger partial charge in [-0.1, -0.05) is 0 Å². The number of aromatic nitrogens is 1. The lowest BCUT2D eigenvalue weighted by atomic mass is 10.2. The third-order valence-electron chi connectivity index (χ3n) is 4.39. The van der Waals surface area contributed by atoms with E-state index in [-0.39, 0.29) is 10.6 Å². The average molecular weight is 336 g/mol. The largest absolute Gasteiger partial charge is 0.380 e. The molecule has 0 N–H and O–H groups in total. The molecule has 2 aliphatic heterocycles. The highest BCUT2D eigenvalue weighted by molar-refractivity contribution is 5.65. The molecule has 0 spiro atoms. The fourth-order valence-electron chi connectivity index (χ4n) is 3.18. The maximum atomic E-state index is 11.5. The SMILES string of the molecule is Cc1cc([N+](=O)[O-])c(N2CCCOCC2)nc1N1CCCOCC1. The molecule has 132 valence electrons. The second-order valence-electron chi connectivity index (χ2n) is 6.13. The molecule has 2 saturated heterocycles. The maximum absolute atomic E-state index is 11.5. The van der Waals surface area contributed by atoms with E-state index >= 15 is 0 Å². The van der Waals surface area contributed by atoms with Crippen LogP contribution in [-0.4, -0.2) is 62.5 Å². The van der Waals surface area contributed by atoms with E-state index in [0.717, 1.165) is 50.5 Å². The molecule has 1 aromatic rings. The van der Waals surface area contributed by atoms with E-state index in [1.54, 1.807) is 6.07 Å². The number of hydrogen-bond donors (Lipinski definition) is 0. The van der Waals surface area contributed by atoms with Gasteiger partial charge in [0.1, 0.15) is 5.82 Å². The second-order valence-corrected chi connectivity index (χ2v) is 6.13. The van der Waals surface area contributed by atoms with Gasteiger partial charge in [0.05, 0.1) is 18.1 Å². The Morgan fingerprint density at radius 2 is 1.58 bits per heavy atom. The van der Waals surface area contributed by atoms with Crippen LogP contribution >= 0.6 is 0 Å². The smallest absolute Gasteiger partial charge is 0.311 e. The summed E-state index contributed by atoms with van der Waals surface area (Å²) < 4.78 is 11.0. The summed E-state index contributed by atoms with van der Waals surface area (Å²) in [6, 6.07) is 1.65. The minimum atomic E-state index is -0.337. The average Bonchev–Trinajstić information content (AvgIpc) is 2.99. The van der Waals surface area contributed by atoms with Gasteiger partial charge < -0.3 is 19.3 Å². The van der Waals surface area contributed by atoms with Crippen LogP contribution in [0.1, 0.15) is 18.4 Å². The first-order valence-electron chi connectivity index (χ1n) is 8.48. The van der Waals surface area contributed by atoms with Crippen LogP contribution in [-0.2, 0) is 9.47 Å². The molecular weight excluding hydrogens is 312 g/mol. The van der Waals surface area contributed by atoms with Gasteiger partial charge in [0, 0.05) is 45.5 Å².